The van der Waals surface area contributed by atoms with Crippen molar-refractivity contribution in [1.82, 2.24) is 20.0 Å². The molecule has 38 heavy (non-hydrogen) atoms. The van der Waals surface area contributed by atoms with Crippen molar-refractivity contribution in [2.45, 2.75) is 85.4 Å². The molecule has 0 unspecified atom stereocenters. The van der Waals surface area contributed by atoms with Gasteiger partial charge in [-0.3, -0.25) is 19.3 Å². The number of piperazine rings is 1. The summed E-state index contributed by atoms with van der Waals surface area (Å²) in [6.07, 6.45) is 0.507. The Morgan fingerprint density at radius 3 is 2.21 bits per heavy atom. The van der Waals surface area contributed by atoms with E-state index < -0.39 is 29.5 Å². The summed E-state index contributed by atoms with van der Waals surface area (Å²) in [6, 6.07) is 2.72. The lowest BCUT2D eigenvalue weighted by atomic mass is 9.86. The average Bonchev–Trinajstić information content (AvgIpc) is 3.22. The van der Waals surface area contributed by atoms with Gasteiger partial charge in [-0.2, -0.15) is 0 Å². The first-order valence-electron chi connectivity index (χ1n) is 13.5. The third kappa shape index (κ3) is 7.10. The van der Waals surface area contributed by atoms with E-state index in [1.807, 2.05) is 27.7 Å². The molecule has 2 aliphatic rings. The van der Waals surface area contributed by atoms with Gasteiger partial charge < -0.3 is 15.1 Å². The highest BCUT2D eigenvalue weighted by Gasteiger charge is 2.45. The van der Waals surface area contributed by atoms with Crippen LogP contribution >= 0.6 is 0 Å². The maximum Gasteiger partial charge on any atom is 0.245 e. The van der Waals surface area contributed by atoms with Crippen LogP contribution in [0.15, 0.2) is 18.2 Å². The number of likely N-dealkylation sites (tertiary alicyclic amines) is 1. The van der Waals surface area contributed by atoms with Gasteiger partial charge in [-0.25, -0.2) is 8.78 Å². The lowest BCUT2D eigenvalue weighted by Crippen LogP contribution is -2.60. The summed E-state index contributed by atoms with van der Waals surface area (Å²) in [5.41, 5.74) is -0.0113. The molecule has 0 radical (unpaired) electrons. The summed E-state index contributed by atoms with van der Waals surface area (Å²) in [6.45, 7) is 17.6. The van der Waals surface area contributed by atoms with Crippen molar-refractivity contribution >= 4 is 17.7 Å². The number of carbonyl (C=O) groups is 3. The highest BCUT2D eigenvalue weighted by molar-refractivity contribution is 5.87. The van der Waals surface area contributed by atoms with Crippen LogP contribution in [-0.4, -0.2) is 82.8 Å². The quantitative estimate of drug-likeness (QED) is 0.624. The normalized spacial score (nSPS) is 23.9. The van der Waals surface area contributed by atoms with Gasteiger partial charge in [0, 0.05) is 63.2 Å². The zero-order valence-corrected chi connectivity index (χ0v) is 24.1. The van der Waals surface area contributed by atoms with E-state index in [4.69, 9.17) is 0 Å². The summed E-state index contributed by atoms with van der Waals surface area (Å²) in [5.74, 6) is -2.60. The minimum atomic E-state index is -0.640. The van der Waals surface area contributed by atoms with Gasteiger partial charge in [0.1, 0.15) is 17.7 Å². The number of nitrogens with one attached hydrogen (secondary N) is 1. The molecular weight excluding hydrogens is 490 g/mol. The smallest absolute Gasteiger partial charge is 0.245 e. The number of halogens is 2. The zero-order valence-electron chi connectivity index (χ0n) is 24.1. The van der Waals surface area contributed by atoms with Crippen molar-refractivity contribution in [1.29, 1.82) is 0 Å². The van der Waals surface area contributed by atoms with Crippen LogP contribution in [-0.2, 0) is 14.4 Å². The maximum atomic E-state index is 14.8. The second kappa shape index (κ2) is 11.3. The predicted octanol–water partition coefficient (Wildman–Crippen LogP) is 3.78. The Labute approximate surface area is 225 Å². The molecule has 1 aromatic rings. The molecule has 4 atom stereocenters. The fourth-order valence-electron chi connectivity index (χ4n) is 5.70. The molecule has 2 saturated heterocycles. The van der Waals surface area contributed by atoms with Gasteiger partial charge in [0.15, 0.2) is 0 Å². The van der Waals surface area contributed by atoms with E-state index in [0.717, 1.165) is 6.07 Å². The van der Waals surface area contributed by atoms with Crippen LogP contribution in [0.25, 0.3) is 0 Å². The highest BCUT2D eigenvalue weighted by Crippen LogP contribution is 2.38. The van der Waals surface area contributed by atoms with E-state index in [1.54, 1.807) is 9.80 Å². The summed E-state index contributed by atoms with van der Waals surface area (Å²) >= 11 is 0. The number of carbonyl (C=O) groups excluding carboxylic acids is 3. The molecule has 7 nitrogen and oxygen atoms in total. The van der Waals surface area contributed by atoms with Gasteiger partial charge in [0.05, 0.1) is 5.92 Å². The first-order chi connectivity index (χ1) is 17.5. The molecule has 0 bridgehead atoms. The molecule has 0 spiro atoms. The molecule has 3 amide bonds. The lowest BCUT2D eigenvalue weighted by Gasteiger charge is -2.43. The van der Waals surface area contributed by atoms with Crippen molar-refractivity contribution in [3.05, 3.63) is 35.4 Å². The van der Waals surface area contributed by atoms with Crippen LogP contribution in [0.4, 0.5) is 8.78 Å². The predicted molar refractivity (Wildman–Crippen MR) is 143 cm³/mol. The Bertz CT molecular complexity index is 1050. The Morgan fingerprint density at radius 2 is 1.68 bits per heavy atom. The van der Waals surface area contributed by atoms with E-state index in [2.05, 4.69) is 31.0 Å². The first-order valence-corrected chi connectivity index (χ1v) is 13.5. The molecule has 2 fully saturated rings. The van der Waals surface area contributed by atoms with Gasteiger partial charge in [-0.1, -0.05) is 26.8 Å². The van der Waals surface area contributed by atoms with Crippen molar-refractivity contribution in [2.24, 2.45) is 11.3 Å². The number of hydrogen-bond donors (Lipinski definition) is 1. The van der Waals surface area contributed by atoms with Crippen LogP contribution in [0.2, 0.25) is 0 Å². The highest BCUT2D eigenvalue weighted by atomic mass is 19.1. The van der Waals surface area contributed by atoms with E-state index in [1.165, 1.54) is 19.1 Å². The maximum absolute atomic E-state index is 14.8. The number of nitrogens with zero attached hydrogens (tertiary/aromatic N) is 3. The summed E-state index contributed by atoms with van der Waals surface area (Å²) in [4.78, 5) is 44.8. The molecule has 0 aliphatic carbocycles. The Balaban J connectivity index is 1.78. The van der Waals surface area contributed by atoms with E-state index in [0.29, 0.717) is 44.7 Å². The average molecular weight is 535 g/mol. The molecular formula is C29H44F2N4O3. The topological polar surface area (TPSA) is 73.0 Å². The summed E-state index contributed by atoms with van der Waals surface area (Å²) in [5, 5.41) is 2.81. The van der Waals surface area contributed by atoms with Gasteiger partial charge in [-0.15, -0.1) is 0 Å². The summed E-state index contributed by atoms with van der Waals surface area (Å²) < 4.78 is 28.5. The number of benzene rings is 1. The molecule has 3 rings (SSSR count). The zero-order chi connectivity index (χ0) is 28.6. The van der Waals surface area contributed by atoms with E-state index in [-0.39, 0.29) is 34.7 Å². The van der Waals surface area contributed by atoms with Crippen LogP contribution in [0.5, 0.6) is 0 Å². The lowest BCUT2D eigenvalue weighted by molar-refractivity contribution is -0.147. The van der Waals surface area contributed by atoms with Crippen LogP contribution < -0.4 is 5.32 Å². The molecule has 2 heterocycles. The third-order valence-corrected chi connectivity index (χ3v) is 7.66. The Kier molecular flexibility index (Phi) is 8.91. The number of hydrogen-bond acceptors (Lipinski definition) is 4. The second-order valence-corrected chi connectivity index (χ2v) is 13.1. The van der Waals surface area contributed by atoms with Crippen LogP contribution in [0, 0.1) is 23.0 Å². The van der Waals surface area contributed by atoms with Gasteiger partial charge in [0.2, 0.25) is 17.7 Å². The molecule has 0 aromatic heterocycles. The molecule has 1 N–H and O–H groups in total. The third-order valence-electron chi connectivity index (χ3n) is 7.66. The van der Waals surface area contributed by atoms with Gasteiger partial charge in [0.25, 0.3) is 0 Å². The monoisotopic (exact) mass is 534 g/mol. The van der Waals surface area contributed by atoms with Crippen LogP contribution in [0.1, 0.15) is 73.3 Å². The Hall–Kier alpha value is -2.55. The molecule has 2 aliphatic heterocycles. The van der Waals surface area contributed by atoms with Crippen molar-refractivity contribution in [2.75, 3.05) is 32.7 Å². The fourth-order valence-corrected chi connectivity index (χ4v) is 5.70. The fraction of sp³-hybridized carbons (Fsp3) is 0.690. The minimum Gasteiger partial charge on any atom is -0.345 e. The van der Waals surface area contributed by atoms with Crippen molar-refractivity contribution in [3.8, 4) is 0 Å². The van der Waals surface area contributed by atoms with Gasteiger partial charge in [-0.05, 0) is 51.2 Å². The molecule has 1 aromatic carbocycles. The van der Waals surface area contributed by atoms with Crippen molar-refractivity contribution < 1.29 is 23.2 Å². The van der Waals surface area contributed by atoms with Crippen molar-refractivity contribution in [3.63, 3.8) is 0 Å². The summed E-state index contributed by atoms with van der Waals surface area (Å²) in [7, 11) is 0. The van der Waals surface area contributed by atoms with E-state index >= 15 is 0 Å². The second-order valence-electron chi connectivity index (χ2n) is 13.1. The van der Waals surface area contributed by atoms with Crippen LogP contribution in [0.3, 0.4) is 0 Å². The molecule has 9 heteroatoms. The SMILES string of the molecule is CC(=O)N[C@@H](CC(C)(C)C)C(=O)N1CCN(C(=O)[C@@H]2CN(C(C)(C)C)C[C@H]2c2ccc(F)cc2F)C[C@H]1C. The number of amides is 3. The number of rotatable bonds is 5. The molecule has 212 valence electrons. The largest absolute Gasteiger partial charge is 0.345 e. The van der Waals surface area contributed by atoms with E-state index in [9.17, 15) is 23.2 Å². The first kappa shape index (κ1) is 30.0. The molecule has 0 saturated carbocycles. The van der Waals surface area contributed by atoms with Gasteiger partial charge >= 0.3 is 0 Å². The minimum absolute atomic E-state index is 0.0717. The standard InChI is InChI=1S/C29H44F2N4O3/c1-18-15-33(11-12-35(18)27(38)25(32-19(2)36)14-28(3,4)5)26(37)23-17-34(29(6,7)8)16-22(23)21-10-9-20(30)13-24(21)31/h9-10,13,18,22-23,25H,11-12,14-17H2,1-8H3,(H,32,36)/t18-,22+,23-,25+/m1/s1. The Morgan fingerprint density at radius 1 is 1.03 bits per heavy atom.